The van der Waals surface area contributed by atoms with Crippen molar-refractivity contribution in [1.82, 2.24) is 5.43 Å². The molecule has 0 heterocycles. The fourth-order valence-electron chi connectivity index (χ4n) is 1.17. The summed E-state index contributed by atoms with van der Waals surface area (Å²) >= 11 is 0. The summed E-state index contributed by atoms with van der Waals surface area (Å²) in [6.45, 7) is 2.21. The van der Waals surface area contributed by atoms with Crippen LogP contribution < -0.4 is 11.2 Å². The molecule has 0 bridgehead atoms. The molecule has 0 aliphatic carbocycles. The molecule has 0 saturated heterocycles. The van der Waals surface area contributed by atoms with Crippen molar-refractivity contribution in [3.63, 3.8) is 0 Å². The summed E-state index contributed by atoms with van der Waals surface area (Å²) < 4.78 is 0. The standard InChI is InChI=1S/C11H21N3O/c1-2-3-4-5-6-7-8-9-10-13-14-11(12)15/h8-10H,2-7H2,1H3,(H3,12,14,15)/b9-8+,13-10-. The summed E-state index contributed by atoms with van der Waals surface area (Å²) in [5.74, 6) is 0. The van der Waals surface area contributed by atoms with E-state index in [-0.39, 0.29) is 0 Å². The van der Waals surface area contributed by atoms with Gasteiger partial charge in [0.15, 0.2) is 0 Å². The Morgan fingerprint density at radius 2 is 2.07 bits per heavy atom. The Hall–Kier alpha value is -1.32. The van der Waals surface area contributed by atoms with E-state index < -0.39 is 6.03 Å². The first-order valence-electron chi connectivity index (χ1n) is 5.51. The highest BCUT2D eigenvalue weighted by Crippen LogP contribution is 2.04. The maximum atomic E-state index is 10.2. The number of allylic oxidation sites excluding steroid dienone is 2. The number of nitrogens with two attached hydrogens (primary N) is 1. The Bertz CT molecular complexity index is 212. The van der Waals surface area contributed by atoms with E-state index in [2.05, 4.69) is 17.5 Å². The molecule has 0 aromatic carbocycles. The molecular formula is C11H21N3O. The lowest BCUT2D eigenvalue weighted by molar-refractivity contribution is 0.249. The molecule has 0 aliphatic rings. The average Bonchev–Trinajstić information content (AvgIpc) is 2.20. The van der Waals surface area contributed by atoms with Crippen LogP contribution in [0.4, 0.5) is 4.79 Å². The SMILES string of the molecule is CCCCCCC/C=C/C=N\NC(N)=O. The molecule has 0 atom stereocenters. The molecule has 0 unspecified atom stereocenters. The molecule has 15 heavy (non-hydrogen) atoms. The fraction of sp³-hybridized carbons (Fsp3) is 0.636. The minimum absolute atomic E-state index is 0.640. The third kappa shape index (κ3) is 12.7. The summed E-state index contributed by atoms with van der Waals surface area (Å²) in [7, 11) is 0. The lowest BCUT2D eigenvalue weighted by Gasteiger charge is -1.95. The zero-order valence-corrected chi connectivity index (χ0v) is 9.41. The Labute approximate surface area is 91.6 Å². The first kappa shape index (κ1) is 13.7. The maximum absolute atomic E-state index is 10.2. The van der Waals surface area contributed by atoms with Crippen molar-refractivity contribution < 1.29 is 4.79 Å². The Kier molecular flexibility index (Phi) is 9.81. The topological polar surface area (TPSA) is 67.5 Å². The van der Waals surface area contributed by atoms with Gasteiger partial charge in [0.1, 0.15) is 0 Å². The second kappa shape index (κ2) is 10.8. The van der Waals surface area contributed by atoms with Crippen molar-refractivity contribution in [2.75, 3.05) is 0 Å². The lowest BCUT2D eigenvalue weighted by atomic mass is 10.1. The van der Waals surface area contributed by atoms with Crippen LogP contribution >= 0.6 is 0 Å². The number of hydrazone groups is 1. The number of carbonyl (C=O) groups excluding carboxylic acids is 1. The van der Waals surface area contributed by atoms with Gasteiger partial charge in [-0.25, -0.2) is 10.2 Å². The van der Waals surface area contributed by atoms with E-state index in [4.69, 9.17) is 5.73 Å². The molecule has 0 aromatic rings. The van der Waals surface area contributed by atoms with E-state index in [1.165, 1.54) is 38.3 Å². The number of hydrogen-bond donors (Lipinski definition) is 2. The van der Waals surface area contributed by atoms with Gasteiger partial charge in [-0.2, -0.15) is 5.10 Å². The van der Waals surface area contributed by atoms with E-state index in [1.54, 1.807) is 0 Å². The highest BCUT2D eigenvalue weighted by atomic mass is 16.2. The highest BCUT2D eigenvalue weighted by molar-refractivity contribution is 5.75. The smallest absolute Gasteiger partial charge is 0.332 e. The third-order valence-electron chi connectivity index (χ3n) is 1.95. The predicted molar refractivity (Wildman–Crippen MR) is 63.7 cm³/mol. The van der Waals surface area contributed by atoms with Gasteiger partial charge in [0, 0.05) is 6.21 Å². The zero-order chi connectivity index (χ0) is 11.4. The molecule has 86 valence electrons. The molecule has 0 aliphatic heterocycles. The predicted octanol–water partition coefficient (Wildman–Crippen LogP) is 2.56. The first-order valence-corrected chi connectivity index (χ1v) is 5.51. The van der Waals surface area contributed by atoms with Gasteiger partial charge in [-0.05, 0) is 18.9 Å². The van der Waals surface area contributed by atoms with Crippen LogP contribution in [0.1, 0.15) is 45.4 Å². The van der Waals surface area contributed by atoms with Gasteiger partial charge in [-0.1, -0.05) is 38.7 Å². The molecule has 2 amide bonds. The van der Waals surface area contributed by atoms with E-state index in [1.807, 2.05) is 12.2 Å². The van der Waals surface area contributed by atoms with Gasteiger partial charge in [-0.3, -0.25) is 0 Å². The van der Waals surface area contributed by atoms with E-state index in [0.29, 0.717) is 0 Å². The third-order valence-corrected chi connectivity index (χ3v) is 1.95. The molecule has 0 rings (SSSR count). The van der Waals surface area contributed by atoms with Gasteiger partial charge in [0.2, 0.25) is 0 Å². The number of amides is 2. The largest absolute Gasteiger partial charge is 0.350 e. The molecule has 0 radical (unpaired) electrons. The zero-order valence-electron chi connectivity index (χ0n) is 9.41. The quantitative estimate of drug-likeness (QED) is 0.361. The summed E-state index contributed by atoms with van der Waals surface area (Å²) in [5.41, 5.74) is 6.93. The van der Waals surface area contributed by atoms with Gasteiger partial charge in [-0.15, -0.1) is 0 Å². The molecule has 4 heteroatoms. The Morgan fingerprint density at radius 1 is 1.33 bits per heavy atom. The highest BCUT2D eigenvalue weighted by Gasteiger charge is 1.85. The van der Waals surface area contributed by atoms with Crippen LogP contribution in [-0.4, -0.2) is 12.2 Å². The van der Waals surface area contributed by atoms with Crippen LogP contribution in [0.2, 0.25) is 0 Å². The van der Waals surface area contributed by atoms with E-state index >= 15 is 0 Å². The second-order valence-electron chi connectivity index (χ2n) is 3.39. The number of nitrogens with zero attached hydrogens (tertiary/aromatic N) is 1. The number of nitrogens with one attached hydrogen (secondary N) is 1. The van der Waals surface area contributed by atoms with Crippen LogP contribution in [0.3, 0.4) is 0 Å². The summed E-state index contributed by atoms with van der Waals surface area (Å²) in [6, 6.07) is -0.640. The van der Waals surface area contributed by atoms with Crippen LogP contribution in [0.5, 0.6) is 0 Å². The van der Waals surface area contributed by atoms with Crippen molar-refractivity contribution in [2.45, 2.75) is 45.4 Å². The molecule has 0 spiro atoms. The minimum atomic E-state index is -0.640. The fourth-order valence-corrected chi connectivity index (χ4v) is 1.17. The number of hydrogen-bond acceptors (Lipinski definition) is 2. The van der Waals surface area contributed by atoms with E-state index in [0.717, 1.165) is 6.42 Å². The van der Waals surface area contributed by atoms with Crippen molar-refractivity contribution >= 4 is 12.2 Å². The number of rotatable bonds is 8. The van der Waals surface area contributed by atoms with Crippen LogP contribution in [0, 0.1) is 0 Å². The number of primary amides is 1. The maximum Gasteiger partial charge on any atom is 0.332 e. The molecule has 0 saturated carbocycles. The van der Waals surface area contributed by atoms with E-state index in [9.17, 15) is 4.79 Å². The van der Waals surface area contributed by atoms with Crippen molar-refractivity contribution in [2.24, 2.45) is 10.8 Å². The van der Waals surface area contributed by atoms with Crippen molar-refractivity contribution in [3.8, 4) is 0 Å². The number of unbranched alkanes of at least 4 members (excludes halogenated alkanes) is 5. The van der Waals surface area contributed by atoms with Crippen molar-refractivity contribution in [1.29, 1.82) is 0 Å². The molecule has 0 fully saturated rings. The van der Waals surface area contributed by atoms with Crippen LogP contribution in [-0.2, 0) is 0 Å². The summed E-state index contributed by atoms with van der Waals surface area (Å²) in [5, 5.41) is 3.58. The number of carbonyl (C=O) groups is 1. The molecule has 4 nitrogen and oxygen atoms in total. The van der Waals surface area contributed by atoms with Gasteiger partial charge in [0.05, 0.1) is 0 Å². The molecule has 0 aromatic heterocycles. The Balaban J connectivity index is 3.23. The normalized spacial score (nSPS) is 11.3. The lowest BCUT2D eigenvalue weighted by Crippen LogP contribution is -2.24. The molecule has 3 N–H and O–H groups in total. The Morgan fingerprint density at radius 3 is 2.73 bits per heavy atom. The summed E-state index contributed by atoms with van der Waals surface area (Å²) in [4.78, 5) is 10.2. The van der Waals surface area contributed by atoms with Gasteiger partial charge >= 0.3 is 6.03 Å². The average molecular weight is 211 g/mol. The van der Waals surface area contributed by atoms with Crippen LogP contribution in [0.15, 0.2) is 17.3 Å². The first-order chi connectivity index (χ1) is 7.27. The van der Waals surface area contributed by atoms with Gasteiger partial charge in [0.25, 0.3) is 0 Å². The monoisotopic (exact) mass is 211 g/mol. The van der Waals surface area contributed by atoms with Crippen molar-refractivity contribution in [3.05, 3.63) is 12.2 Å². The second-order valence-corrected chi connectivity index (χ2v) is 3.39. The summed E-state index contributed by atoms with van der Waals surface area (Å²) in [6.07, 6.45) is 12.9. The minimum Gasteiger partial charge on any atom is -0.350 e. The molecular weight excluding hydrogens is 190 g/mol. The number of urea groups is 1. The van der Waals surface area contributed by atoms with Gasteiger partial charge < -0.3 is 5.73 Å². The van der Waals surface area contributed by atoms with Crippen LogP contribution in [0.25, 0.3) is 0 Å².